The van der Waals surface area contributed by atoms with Gasteiger partial charge in [0.05, 0.1) is 0 Å². The topological polar surface area (TPSA) is 22.1 Å². The van der Waals surface area contributed by atoms with Crippen LogP contribution in [0.4, 0.5) is 0 Å². The molecule has 152 valence electrons. The monoisotopic (exact) mass is 395 g/mol. The van der Waals surface area contributed by atoms with E-state index >= 15 is 0 Å². The van der Waals surface area contributed by atoms with Gasteiger partial charge in [-0.3, -0.25) is 4.98 Å². The first-order valence-electron chi connectivity index (χ1n) is 11.1. The number of hydrogen-bond acceptors (Lipinski definition) is 2. The first-order valence-corrected chi connectivity index (χ1v) is 14.0. The smallest absolute Gasteiger partial charge is 0.192 e. The number of nitrogens with zero attached hydrogens (tertiary/aromatic N) is 1. The second kappa shape index (κ2) is 6.95. The Kier molecular flexibility index (Phi) is 4.99. The average molecular weight is 396 g/mol. The number of fused-ring (bicyclic) bond motifs is 2. The molecule has 4 atom stereocenters. The molecule has 4 rings (SSSR count). The summed E-state index contributed by atoms with van der Waals surface area (Å²) in [6, 6.07) is 9.18. The van der Waals surface area contributed by atoms with Crippen molar-refractivity contribution in [2.24, 2.45) is 11.3 Å². The summed E-state index contributed by atoms with van der Waals surface area (Å²) in [6.07, 6.45) is 10.8. The molecule has 2 fully saturated rings. The fraction of sp³-hybridized carbons (Fsp3) is 0.640. The van der Waals surface area contributed by atoms with Gasteiger partial charge < -0.3 is 4.43 Å². The van der Waals surface area contributed by atoms with Crippen LogP contribution < -0.4 is 0 Å². The molecule has 0 bridgehead atoms. The van der Waals surface area contributed by atoms with E-state index in [9.17, 15) is 0 Å². The molecule has 0 aliphatic heterocycles. The lowest BCUT2D eigenvalue weighted by Crippen LogP contribution is -2.49. The van der Waals surface area contributed by atoms with Crippen LogP contribution in [0.15, 0.2) is 36.7 Å². The van der Waals surface area contributed by atoms with E-state index in [4.69, 9.17) is 4.43 Å². The zero-order valence-electron chi connectivity index (χ0n) is 18.6. The van der Waals surface area contributed by atoms with Gasteiger partial charge >= 0.3 is 0 Å². The van der Waals surface area contributed by atoms with Crippen LogP contribution in [0.5, 0.6) is 0 Å². The first kappa shape index (κ1) is 20.1. The van der Waals surface area contributed by atoms with Crippen LogP contribution >= 0.6 is 0 Å². The Labute approximate surface area is 172 Å². The molecule has 2 nitrogen and oxygen atoms in total. The lowest BCUT2D eigenvalue weighted by Gasteiger charge is -2.49. The summed E-state index contributed by atoms with van der Waals surface area (Å²) in [6.45, 7) is 14.5. The van der Waals surface area contributed by atoms with Gasteiger partial charge in [0, 0.05) is 23.9 Å². The van der Waals surface area contributed by atoms with Gasteiger partial charge in [-0.05, 0) is 84.1 Å². The molecule has 28 heavy (non-hydrogen) atoms. The Morgan fingerprint density at radius 1 is 1.07 bits per heavy atom. The van der Waals surface area contributed by atoms with E-state index in [1.54, 1.807) is 0 Å². The summed E-state index contributed by atoms with van der Waals surface area (Å²) in [5.41, 5.74) is 1.87. The maximum atomic E-state index is 7.01. The summed E-state index contributed by atoms with van der Waals surface area (Å²) < 4.78 is 7.01. The van der Waals surface area contributed by atoms with Crippen molar-refractivity contribution >= 4 is 19.1 Å². The molecule has 2 aliphatic carbocycles. The van der Waals surface area contributed by atoms with Gasteiger partial charge in [-0.2, -0.15) is 0 Å². The van der Waals surface area contributed by atoms with Gasteiger partial charge in [0.2, 0.25) is 0 Å². The lowest BCUT2D eigenvalue weighted by molar-refractivity contribution is 0.00298. The minimum absolute atomic E-state index is 0.282. The second-order valence-corrected chi connectivity index (χ2v) is 15.8. The Hall–Kier alpha value is -1.19. The highest BCUT2D eigenvalue weighted by molar-refractivity contribution is 6.74. The second-order valence-electron chi connectivity index (χ2n) is 11.0. The third-order valence-corrected chi connectivity index (χ3v) is 12.9. The van der Waals surface area contributed by atoms with Crippen LogP contribution in [-0.2, 0) is 4.43 Å². The van der Waals surface area contributed by atoms with Crippen LogP contribution in [0.2, 0.25) is 18.1 Å². The van der Waals surface area contributed by atoms with Crippen molar-refractivity contribution in [3.8, 4) is 0 Å². The van der Waals surface area contributed by atoms with Crippen molar-refractivity contribution in [3.05, 3.63) is 42.2 Å². The maximum absolute atomic E-state index is 7.01. The maximum Gasteiger partial charge on any atom is 0.192 e. The van der Waals surface area contributed by atoms with Crippen molar-refractivity contribution in [2.45, 2.75) is 90.0 Å². The fourth-order valence-electron chi connectivity index (χ4n) is 5.68. The molecular weight excluding hydrogens is 358 g/mol. The van der Waals surface area contributed by atoms with Gasteiger partial charge in [-0.1, -0.05) is 46.2 Å². The fourth-order valence-corrected chi connectivity index (χ4v) is 7.08. The van der Waals surface area contributed by atoms with Crippen molar-refractivity contribution in [2.75, 3.05) is 0 Å². The molecule has 3 heteroatoms. The SMILES string of the molecule is CC(C)(C)[Si](C)(C)O[C@H]1CCC[C@@]2(C)C1CC[C@@H]2c1ccc2ccncc2c1. The highest BCUT2D eigenvalue weighted by Gasteiger charge is 2.53. The number of benzene rings is 1. The molecule has 2 saturated carbocycles. The Morgan fingerprint density at radius 2 is 1.86 bits per heavy atom. The largest absolute Gasteiger partial charge is 0.414 e. The average Bonchev–Trinajstić information content (AvgIpc) is 2.98. The van der Waals surface area contributed by atoms with E-state index < -0.39 is 8.32 Å². The molecule has 0 N–H and O–H groups in total. The summed E-state index contributed by atoms with van der Waals surface area (Å²) in [7, 11) is -1.73. The number of rotatable bonds is 3. The van der Waals surface area contributed by atoms with Crippen LogP contribution in [0.1, 0.15) is 71.3 Å². The molecule has 0 spiro atoms. The highest BCUT2D eigenvalue weighted by atomic mass is 28.4. The van der Waals surface area contributed by atoms with Crippen molar-refractivity contribution in [1.29, 1.82) is 0 Å². The number of hydrogen-bond donors (Lipinski definition) is 0. The van der Waals surface area contributed by atoms with E-state index in [2.05, 4.69) is 70.0 Å². The molecular formula is C25H37NOSi. The van der Waals surface area contributed by atoms with Gasteiger partial charge in [-0.25, -0.2) is 0 Å². The van der Waals surface area contributed by atoms with E-state index in [0.717, 1.165) is 0 Å². The van der Waals surface area contributed by atoms with Gasteiger partial charge in [0.1, 0.15) is 0 Å². The minimum Gasteiger partial charge on any atom is -0.414 e. The number of aromatic nitrogens is 1. The lowest BCUT2D eigenvalue weighted by atomic mass is 9.63. The molecule has 0 saturated heterocycles. The molecule has 0 radical (unpaired) electrons. The quantitative estimate of drug-likeness (QED) is 0.508. The van der Waals surface area contributed by atoms with E-state index in [0.29, 0.717) is 23.4 Å². The molecule has 1 aromatic carbocycles. The van der Waals surface area contributed by atoms with Gasteiger partial charge in [-0.15, -0.1) is 0 Å². The predicted octanol–water partition coefficient (Wildman–Crippen LogP) is 7.31. The number of pyridine rings is 1. The van der Waals surface area contributed by atoms with Crippen LogP contribution in [0, 0.1) is 11.3 Å². The van der Waals surface area contributed by atoms with E-state index in [1.165, 1.54) is 48.4 Å². The molecule has 0 amide bonds. The molecule has 1 unspecified atom stereocenters. The highest BCUT2D eigenvalue weighted by Crippen LogP contribution is 2.60. The van der Waals surface area contributed by atoms with E-state index in [1.807, 2.05) is 12.4 Å². The Morgan fingerprint density at radius 3 is 2.61 bits per heavy atom. The zero-order valence-corrected chi connectivity index (χ0v) is 19.6. The summed E-state index contributed by atoms with van der Waals surface area (Å²) in [5, 5.41) is 2.85. The van der Waals surface area contributed by atoms with E-state index in [-0.39, 0.29) is 5.04 Å². The summed E-state index contributed by atoms with van der Waals surface area (Å²) >= 11 is 0. The third kappa shape index (κ3) is 3.35. The van der Waals surface area contributed by atoms with Crippen molar-refractivity contribution < 1.29 is 4.43 Å². The minimum atomic E-state index is -1.73. The zero-order chi connectivity index (χ0) is 20.2. The van der Waals surface area contributed by atoms with Gasteiger partial charge in [0.25, 0.3) is 0 Å². The standard InChI is InChI=1S/C25H37NOSi/c1-24(2,3)28(5,6)27-23-8-7-14-25(4)21(11-12-22(23)25)19-10-9-18-13-15-26-17-20(18)16-19/h9-10,13,15-17,21-23H,7-8,11-12,14H2,1-6H3/t21-,22?,23+,25-/m1/s1. The van der Waals surface area contributed by atoms with Crippen LogP contribution in [-0.4, -0.2) is 19.4 Å². The van der Waals surface area contributed by atoms with Crippen molar-refractivity contribution in [3.63, 3.8) is 0 Å². The van der Waals surface area contributed by atoms with Crippen LogP contribution in [0.25, 0.3) is 10.8 Å². The predicted molar refractivity (Wildman–Crippen MR) is 121 cm³/mol. The Bertz CT molecular complexity index is 855. The van der Waals surface area contributed by atoms with Gasteiger partial charge in [0.15, 0.2) is 8.32 Å². The molecule has 2 aromatic rings. The third-order valence-electron chi connectivity index (χ3n) is 8.38. The normalized spacial score (nSPS) is 31.1. The Balaban J connectivity index is 1.61. The molecule has 2 aliphatic rings. The summed E-state index contributed by atoms with van der Waals surface area (Å²) in [4.78, 5) is 4.34. The molecule has 1 aromatic heterocycles. The van der Waals surface area contributed by atoms with Crippen molar-refractivity contribution in [1.82, 2.24) is 4.98 Å². The summed E-state index contributed by atoms with van der Waals surface area (Å²) in [5.74, 6) is 1.35. The molecule has 1 heterocycles. The van der Waals surface area contributed by atoms with Crippen LogP contribution in [0.3, 0.4) is 0 Å². The first-order chi connectivity index (χ1) is 13.1.